The molecule has 2 aromatic rings. The molecule has 2 rings (SSSR count). The molecule has 0 unspecified atom stereocenters. The number of carbonyl (C=O) groups is 1. The van der Waals surface area contributed by atoms with Crippen molar-refractivity contribution in [2.45, 2.75) is 0 Å². The normalized spacial score (nSPS) is 10.2. The van der Waals surface area contributed by atoms with Crippen LogP contribution in [0.1, 0.15) is 10.5 Å². The van der Waals surface area contributed by atoms with Crippen LogP contribution in [0, 0.1) is 0 Å². The number of rotatable bonds is 2. The lowest BCUT2D eigenvalue weighted by atomic mass is 10.1. The number of carboxylic acid groups (broad SMARTS) is 1. The van der Waals surface area contributed by atoms with Crippen LogP contribution in [0.4, 0.5) is 0 Å². The zero-order valence-corrected chi connectivity index (χ0v) is 9.90. The molecule has 0 atom stereocenters. The molecule has 6 heteroatoms. The van der Waals surface area contributed by atoms with Crippen LogP contribution < -0.4 is 0 Å². The van der Waals surface area contributed by atoms with Gasteiger partial charge in [0.2, 0.25) is 0 Å². The Morgan fingerprint density at radius 1 is 1.12 bits per heavy atom. The molecule has 0 spiro atoms. The van der Waals surface area contributed by atoms with Gasteiger partial charge in [0, 0.05) is 10.6 Å². The number of nitrogens with zero attached hydrogens (tertiary/aromatic N) is 2. The van der Waals surface area contributed by atoms with Crippen molar-refractivity contribution in [1.29, 1.82) is 0 Å². The van der Waals surface area contributed by atoms with Crippen LogP contribution in [0.15, 0.2) is 30.3 Å². The number of benzene rings is 1. The van der Waals surface area contributed by atoms with E-state index in [1.807, 2.05) is 0 Å². The predicted molar refractivity (Wildman–Crippen MR) is 64.4 cm³/mol. The molecule has 0 saturated heterocycles. The van der Waals surface area contributed by atoms with Gasteiger partial charge < -0.3 is 5.11 Å². The largest absolute Gasteiger partial charge is 0.476 e. The van der Waals surface area contributed by atoms with Gasteiger partial charge in [0.25, 0.3) is 0 Å². The summed E-state index contributed by atoms with van der Waals surface area (Å²) >= 11 is 11.8. The standard InChI is InChI=1S/C11H6Cl2N2O2/c12-6-1-2-8(13)7(5-6)9-3-4-10(11(16)17)15-14-9/h1-5H,(H,16,17). The Morgan fingerprint density at radius 2 is 1.88 bits per heavy atom. The zero-order valence-electron chi connectivity index (χ0n) is 8.39. The molecule has 4 nitrogen and oxygen atoms in total. The minimum atomic E-state index is -1.12. The van der Waals surface area contributed by atoms with E-state index in [1.165, 1.54) is 12.1 Å². The highest BCUT2D eigenvalue weighted by Crippen LogP contribution is 2.28. The minimum Gasteiger partial charge on any atom is -0.476 e. The molecule has 0 radical (unpaired) electrons. The van der Waals surface area contributed by atoms with E-state index >= 15 is 0 Å². The van der Waals surface area contributed by atoms with Crippen molar-refractivity contribution >= 4 is 29.2 Å². The Morgan fingerprint density at radius 3 is 2.47 bits per heavy atom. The zero-order chi connectivity index (χ0) is 12.4. The molecule has 1 heterocycles. The van der Waals surface area contributed by atoms with E-state index in [-0.39, 0.29) is 5.69 Å². The highest BCUT2D eigenvalue weighted by atomic mass is 35.5. The second kappa shape index (κ2) is 4.69. The van der Waals surface area contributed by atoms with Crippen LogP contribution in [-0.4, -0.2) is 21.3 Å². The van der Waals surface area contributed by atoms with E-state index in [1.54, 1.807) is 18.2 Å². The maximum Gasteiger partial charge on any atom is 0.356 e. The quantitative estimate of drug-likeness (QED) is 0.909. The Bertz CT molecular complexity index is 570. The van der Waals surface area contributed by atoms with E-state index in [9.17, 15) is 4.79 Å². The Balaban J connectivity index is 2.46. The fourth-order valence-electron chi connectivity index (χ4n) is 1.28. The van der Waals surface area contributed by atoms with Gasteiger partial charge in [-0.25, -0.2) is 4.79 Å². The van der Waals surface area contributed by atoms with E-state index in [4.69, 9.17) is 28.3 Å². The van der Waals surface area contributed by atoms with Gasteiger partial charge in [-0.3, -0.25) is 0 Å². The topological polar surface area (TPSA) is 63.1 Å². The molecule has 0 amide bonds. The Kier molecular flexibility index (Phi) is 3.26. The van der Waals surface area contributed by atoms with Crippen LogP contribution in [0.2, 0.25) is 10.0 Å². The molecule has 0 aliphatic heterocycles. The molecular formula is C11H6Cl2N2O2. The molecule has 1 aromatic heterocycles. The molecule has 86 valence electrons. The lowest BCUT2D eigenvalue weighted by molar-refractivity contribution is 0.0689. The summed E-state index contributed by atoms with van der Waals surface area (Å²) in [4.78, 5) is 10.6. The van der Waals surface area contributed by atoms with Gasteiger partial charge in [0.15, 0.2) is 5.69 Å². The molecule has 0 aliphatic carbocycles. The van der Waals surface area contributed by atoms with E-state index < -0.39 is 5.97 Å². The summed E-state index contributed by atoms with van der Waals surface area (Å²) in [6.07, 6.45) is 0. The molecule has 0 fully saturated rings. The Hall–Kier alpha value is -1.65. The van der Waals surface area contributed by atoms with Gasteiger partial charge in [0.1, 0.15) is 0 Å². The summed E-state index contributed by atoms with van der Waals surface area (Å²) in [5.74, 6) is -1.12. The summed E-state index contributed by atoms with van der Waals surface area (Å²) < 4.78 is 0. The van der Waals surface area contributed by atoms with Gasteiger partial charge >= 0.3 is 5.97 Å². The van der Waals surface area contributed by atoms with Gasteiger partial charge in [-0.15, -0.1) is 10.2 Å². The average Bonchev–Trinajstić information content (AvgIpc) is 2.32. The fraction of sp³-hybridized carbons (Fsp3) is 0. The van der Waals surface area contributed by atoms with Crippen molar-refractivity contribution in [2.24, 2.45) is 0 Å². The Labute approximate surface area is 107 Å². The summed E-state index contributed by atoms with van der Waals surface area (Å²) in [5.41, 5.74) is 0.970. The molecule has 17 heavy (non-hydrogen) atoms. The lowest BCUT2D eigenvalue weighted by Crippen LogP contribution is -2.02. The van der Waals surface area contributed by atoms with Crippen LogP contribution in [0.25, 0.3) is 11.3 Å². The lowest BCUT2D eigenvalue weighted by Gasteiger charge is -2.03. The van der Waals surface area contributed by atoms with E-state index in [0.717, 1.165) is 0 Å². The van der Waals surface area contributed by atoms with Gasteiger partial charge in [-0.2, -0.15) is 0 Å². The van der Waals surface area contributed by atoms with Crippen molar-refractivity contribution in [3.8, 4) is 11.3 Å². The van der Waals surface area contributed by atoms with E-state index in [0.29, 0.717) is 21.3 Å². The smallest absolute Gasteiger partial charge is 0.356 e. The van der Waals surface area contributed by atoms with Crippen LogP contribution in [0.5, 0.6) is 0 Å². The highest BCUT2D eigenvalue weighted by Gasteiger charge is 2.09. The molecule has 0 bridgehead atoms. The van der Waals surface area contributed by atoms with Crippen molar-refractivity contribution in [3.05, 3.63) is 46.1 Å². The third-order valence-corrected chi connectivity index (χ3v) is 2.65. The maximum atomic E-state index is 10.6. The fourth-order valence-corrected chi connectivity index (χ4v) is 1.67. The van der Waals surface area contributed by atoms with Crippen molar-refractivity contribution in [2.75, 3.05) is 0 Å². The highest BCUT2D eigenvalue weighted by molar-refractivity contribution is 6.35. The number of carboxylic acids is 1. The van der Waals surface area contributed by atoms with Crippen LogP contribution in [0.3, 0.4) is 0 Å². The maximum absolute atomic E-state index is 10.6. The number of hydrogen-bond acceptors (Lipinski definition) is 3. The molecule has 0 aliphatic rings. The first kappa shape index (κ1) is 11.8. The summed E-state index contributed by atoms with van der Waals surface area (Å²) in [6.45, 7) is 0. The van der Waals surface area contributed by atoms with Crippen molar-refractivity contribution in [1.82, 2.24) is 10.2 Å². The first-order valence-corrected chi connectivity index (χ1v) is 5.36. The van der Waals surface area contributed by atoms with Gasteiger partial charge in [0.05, 0.1) is 10.7 Å². The second-order valence-corrected chi connectivity index (χ2v) is 4.08. The number of aromatic carboxylic acids is 1. The van der Waals surface area contributed by atoms with Crippen LogP contribution in [-0.2, 0) is 0 Å². The third-order valence-electron chi connectivity index (χ3n) is 2.09. The van der Waals surface area contributed by atoms with Crippen LogP contribution >= 0.6 is 23.2 Å². The average molecular weight is 269 g/mol. The first-order valence-electron chi connectivity index (χ1n) is 4.60. The number of aromatic nitrogens is 2. The molecule has 0 saturated carbocycles. The predicted octanol–water partition coefficient (Wildman–Crippen LogP) is 3.15. The molecule has 1 N–H and O–H groups in total. The van der Waals surface area contributed by atoms with E-state index in [2.05, 4.69) is 10.2 Å². The summed E-state index contributed by atoms with van der Waals surface area (Å²) in [5, 5.41) is 17.1. The summed E-state index contributed by atoms with van der Waals surface area (Å²) in [6, 6.07) is 7.85. The van der Waals surface area contributed by atoms with Gasteiger partial charge in [-0.05, 0) is 30.3 Å². The van der Waals surface area contributed by atoms with Crippen molar-refractivity contribution < 1.29 is 9.90 Å². The first-order chi connectivity index (χ1) is 8.08. The SMILES string of the molecule is O=C(O)c1ccc(-c2cc(Cl)ccc2Cl)nn1. The van der Waals surface area contributed by atoms with Crippen molar-refractivity contribution in [3.63, 3.8) is 0 Å². The molecule has 1 aromatic carbocycles. The minimum absolute atomic E-state index is 0.119. The summed E-state index contributed by atoms with van der Waals surface area (Å²) in [7, 11) is 0. The monoisotopic (exact) mass is 268 g/mol. The molecular weight excluding hydrogens is 263 g/mol. The number of halogens is 2. The second-order valence-electron chi connectivity index (χ2n) is 3.23. The number of hydrogen-bond donors (Lipinski definition) is 1. The van der Waals surface area contributed by atoms with Gasteiger partial charge in [-0.1, -0.05) is 23.2 Å². The third kappa shape index (κ3) is 2.54.